The van der Waals surface area contributed by atoms with E-state index in [9.17, 15) is 16.8 Å². The molecule has 0 atom stereocenters. The van der Waals surface area contributed by atoms with Crippen LogP contribution < -0.4 is 4.90 Å². The van der Waals surface area contributed by atoms with Crippen molar-refractivity contribution in [1.82, 2.24) is 13.5 Å². The summed E-state index contributed by atoms with van der Waals surface area (Å²) in [7, 11) is -3.79. The van der Waals surface area contributed by atoms with Crippen molar-refractivity contribution in [2.24, 2.45) is 11.3 Å². The van der Waals surface area contributed by atoms with Crippen molar-refractivity contribution >= 4 is 38.1 Å². The lowest BCUT2D eigenvalue weighted by atomic mass is 9.73. The van der Waals surface area contributed by atoms with Gasteiger partial charge in [-0.25, -0.2) is 16.8 Å². The minimum Gasteiger partial charge on any atom is -0.378 e. The molecule has 4 rings (SSSR count). The van der Waals surface area contributed by atoms with E-state index in [1.807, 2.05) is 25.9 Å². The predicted molar refractivity (Wildman–Crippen MR) is 187 cm³/mol. The third kappa shape index (κ3) is 10.0. The first-order valence-electron chi connectivity index (χ1n) is 15.9. The van der Waals surface area contributed by atoms with Crippen molar-refractivity contribution < 1.29 is 16.8 Å². The Bertz CT molecular complexity index is 1470. The number of sulfonamides is 2. The number of benzene rings is 2. The fourth-order valence-electron chi connectivity index (χ4n) is 6.28. The molecule has 0 aromatic heterocycles. The highest BCUT2D eigenvalue weighted by Crippen LogP contribution is 2.38. The van der Waals surface area contributed by atoms with Gasteiger partial charge < -0.3 is 9.80 Å². The Morgan fingerprint density at radius 2 is 1.22 bits per heavy atom. The Morgan fingerprint density at radius 1 is 0.778 bits per heavy atom. The van der Waals surface area contributed by atoms with Crippen molar-refractivity contribution in [1.29, 1.82) is 0 Å². The zero-order valence-corrected chi connectivity index (χ0v) is 30.2. The minimum absolute atomic E-state index is 0. The molecule has 2 aromatic carbocycles. The molecule has 1 aliphatic carbocycles. The second-order valence-corrected chi connectivity index (χ2v) is 17.6. The highest BCUT2D eigenvalue weighted by Gasteiger charge is 2.31. The maximum absolute atomic E-state index is 13.9. The molecule has 2 aromatic rings. The van der Waals surface area contributed by atoms with E-state index in [1.165, 1.54) is 34.3 Å². The second-order valence-electron chi connectivity index (χ2n) is 13.7. The van der Waals surface area contributed by atoms with Crippen molar-refractivity contribution in [3.05, 3.63) is 66.2 Å². The lowest BCUT2D eigenvalue weighted by molar-refractivity contribution is 0.139. The van der Waals surface area contributed by atoms with Crippen LogP contribution in [0.2, 0.25) is 0 Å². The van der Waals surface area contributed by atoms with E-state index < -0.39 is 20.0 Å². The Labute approximate surface area is 279 Å². The first kappa shape index (κ1) is 37.5. The molecule has 0 unspecified atom stereocenters. The quantitative estimate of drug-likeness (QED) is 0.332. The standard InChI is InChI=1S/C34H52N4O4S2.ClH/c1-28-9-13-32(14-10-28)43(39,40)37-23-7-21-36(27-30-17-19-34(3,4)20-18-30)22-8-24-38(26-29(2)25-37)44(41,42)33-15-11-31(12-16-33)35(5)6;/h9-16,30H,2,7-8,17-27H2,1,3-6H3;1H. The lowest BCUT2D eigenvalue weighted by Gasteiger charge is -2.37. The van der Waals surface area contributed by atoms with Crippen LogP contribution >= 0.6 is 12.4 Å². The van der Waals surface area contributed by atoms with Gasteiger partial charge in [0.15, 0.2) is 0 Å². The number of nitrogens with zero attached hydrogens (tertiary/aromatic N) is 4. The van der Waals surface area contributed by atoms with Crippen molar-refractivity contribution in [3.8, 4) is 0 Å². The van der Waals surface area contributed by atoms with Gasteiger partial charge in [-0.1, -0.05) is 38.1 Å². The van der Waals surface area contributed by atoms with E-state index in [0.29, 0.717) is 42.8 Å². The molecule has 252 valence electrons. The number of halogens is 1. The maximum Gasteiger partial charge on any atom is 0.243 e. The molecule has 8 nitrogen and oxygen atoms in total. The van der Waals surface area contributed by atoms with Crippen LogP contribution in [0, 0.1) is 18.3 Å². The molecule has 2 aliphatic rings. The summed E-state index contributed by atoms with van der Waals surface area (Å²) in [5.41, 5.74) is 2.85. The van der Waals surface area contributed by atoms with Gasteiger partial charge in [-0.05, 0) is 112 Å². The van der Waals surface area contributed by atoms with Gasteiger partial charge in [0, 0.05) is 52.5 Å². The van der Waals surface area contributed by atoms with Crippen LogP contribution in [-0.2, 0) is 20.0 Å². The lowest BCUT2D eigenvalue weighted by Crippen LogP contribution is -2.42. The van der Waals surface area contributed by atoms with Crippen molar-refractivity contribution in [2.75, 3.05) is 64.8 Å². The molecule has 1 saturated carbocycles. The average molecular weight is 681 g/mol. The smallest absolute Gasteiger partial charge is 0.243 e. The van der Waals surface area contributed by atoms with Crippen LogP contribution in [0.4, 0.5) is 5.69 Å². The fraction of sp³-hybridized carbons (Fsp3) is 0.588. The average Bonchev–Trinajstić information content (AvgIpc) is 2.96. The number of hydrogen-bond donors (Lipinski definition) is 0. The van der Waals surface area contributed by atoms with Crippen LogP contribution in [0.1, 0.15) is 57.9 Å². The zero-order chi connectivity index (χ0) is 32.1. The van der Waals surface area contributed by atoms with Crippen LogP contribution in [0.15, 0.2) is 70.5 Å². The van der Waals surface area contributed by atoms with Gasteiger partial charge in [0.2, 0.25) is 20.0 Å². The third-order valence-electron chi connectivity index (χ3n) is 9.19. The van der Waals surface area contributed by atoms with Gasteiger partial charge >= 0.3 is 0 Å². The molecule has 0 spiro atoms. The summed E-state index contributed by atoms with van der Waals surface area (Å²) in [5.74, 6) is 0.609. The molecule has 1 heterocycles. The molecule has 0 radical (unpaired) electrons. The Balaban J connectivity index is 0.00000552. The molecule has 0 N–H and O–H groups in total. The molecule has 0 bridgehead atoms. The van der Waals surface area contributed by atoms with Gasteiger partial charge in [0.25, 0.3) is 0 Å². The predicted octanol–water partition coefficient (Wildman–Crippen LogP) is 6.03. The van der Waals surface area contributed by atoms with Gasteiger partial charge in [0.05, 0.1) is 9.79 Å². The highest BCUT2D eigenvalue weighted by atomic mass is 35.5. The number of aryl methyl sites for hydroxylation is 1. The van der Waals surface area contributed by atoms with Gasteiger partial charge in [-0.15, -0.1) is 12.4 Å². The van der Waals surface area contributed by atoms with E-state index in [2.05, 4.69) is 25.3 Å². The number of anilines is 1. The largest absolute Gasteiger partial charge is 0.378 e. The summed E-state index contributed by atoms with van der Waals surface area (Å²) in [5, 5.41) is 0. The molecule has 45 heavy (non-hydrogen) atoms. The highest BCUT2D eigenvalue weighted by molar-refractivity contribution is 7.89. The molecule has 2 fully saturated rings. The molecule has 0 amide bonds. The fourth-order valence-corrected chi connectivity index (χ4v) is 9.28. The van der Waals surface area contributed by atoms with Crippen LogP contribution in [0.25, 0.3) is 0 Å². The summed E-state index contributed by atoms with van der Waals surface area (Å²) in [4.78, 5) is 4.84. The van der Waals surface area contributed by atoms with E-state index in [1.54, 1.807) is 48.5 Å². The van der Waals surface area contributed by atoms with Crippen LogP contribution in [-0.4, -0.2) is 90.3 Å². The summed E-state index contributed by atoms with van der Waals surface area (Å²) >= 11 is 0. The van der Waals surface area contributed by atoms with Gasteiger partial charge in [-0.3, -0.25) is 0 Å². The van der Waals surface area contributed by atoms with Crippen molar-refractivity contribution in [3.63, 3.8) is 0 Å². The first-order chi connectivity index (χ1) is 20.7. The van der Waals surface area contributed by atoms with Crippen LogP contribution in [0.5, 0.6) is 0 Å². The number of hydrogen-bond acceptors (Lipinski definition) is 6. The minimum atomic E-state index is -3.83. The topological polar surface area (TPSA) is 81.2 Å². The van der Waals surface area contributed by atoms with E-state index in [4.69, 9.17) is 0 Å². The zero-order valence-electron chi connectivity index (χ0n) is 27.7. The van der Waals surface area contributed by atoms with E-state index in [-0.39, 0.29) is 35.3 Å². The molecule has 1 aliphatic heterocycles. The second kappa shape index (κ2) is 15.8. The third-order valence-corrected chi connectivity index (χ3v) is 12.9. The normalized spacial score (nSPS) is 20.5. The molecular formula is C34H53ClN4O4S2. The summed E-state index contributed by atoms with van der Waals surface area (Å²) in [6, 6.07) is 13.8. The Kier molecular flexibility index (Phi) is 13.1. The van der Waals surface area contributed by atoms with E-state index >= 15 is 0 Å². The Hall–Kier alpha value is -1.95. The summed E-state index contributed by atoms with van der Waals surface area (Å²) < 4.78 is 58.6. The molecule has 11 heteroatoms. The summed E-state index contributed by atoms with van der Waals surface area (Å²) in [6.45, 7) is 14.1. The molecule has 1 saturated heterocycles. The molecular weight excluding hydrogens is 628 g/mol. The van der Waals surface area contributed by atoms with Gasteiger partial charge in [0.1, 0.15) is 0 Å². The monoisotopic (exact) mass is 680 g/mol. The SMILES string of the molecule is C=C1CN(S(=O)(=O)c2ccc(C)cc2)CCCN(CC2CCC(C)(C)CC2)CCCN(S(=O)(=O)c2ccc(N(C)C)cc2)C1.Cl. The van der Waals surface area contributed by atoms with Gasteiger partial charge in [-0.2, -0.15) is 8.61 Å². The first-order valence-corrected chi connectivity index (χ1v) is 18.8. The van der Waals surface area contributed by atoms with Crippen molar-refractivity contribution in [2.45, 2.75) is 69.1 Å². The van der Waals surface area contributed by atoms with Crippen LogP contribution in [0.3, 0.4) is 0 Å². The summed E-state index contributed by atoms with van der Waals surface area (Å²) in [6.07, 6.45) is 6.23. The van der Waals surface area contributed by atoms with E-state index in [0.717, 1.165) is 30.9 Å². The Morgan fingerprint density at radius 3 is 1.67 bits per heavy atom. The maximum atomic E-state index is 13.9. The number of rotatable bonds is 7.